The van der Waals surface area contributed by atoms with E-state index in [4.69, 9.17) is 4.74 Å². The van der Waals surface area contributed by atoms with Crippen LogP contribution in [0.3, 0.4) is 0 Å². The Labute approximate surface area is 137 Å². The predicted molar refractivity (Wildman–Crippen MR) is 88.4 cm³/mol. The first kappa shape index (κ1) is 19.2. The fraction of sp³-hybridized carbons (Fsp3) is 0.500. The molecule has 0 spiro atoms. The van der Waals surface area contributed by atoms with Crippen molar-refractivity contribution in [3.05, 3.63) is 29.3 Å². The highest BCUT2D eigenvalue weighted by Crippen LogP contribution is 2.22. The number of rotatable bonds is 8. The molecule has 0 unspecified atom stereocenters. The van der Waals surface area contributed by atoms with E-state index < -0.39 is 21.5 Å². The number of Topliss-reactive ketones (excluding diaryl/α,β-unsaturated/α-hetero) is 1. The number of hydrogen-bond acceptors (Lipinski definition) is 5. The highest BCUT2D eigenvalue weighted by atomic mass is 32.2. The number of ether oxygens (including phenoxy) is 1. The lowest BCUT2D eigenvalue weighted by Gasteiger charge is -2.13. The summed E-state index contributed by atoms with van der Waals surface area (Å²) in [5, 5.41) is 2.63. The van der Waals surface area contributed by atoms with Crippen LogP contribution in [0.1, 0.15) is 43.1 Å². The summed E-state index contributed by atoms with van der Waals surface area (Å²) in [6.45, 7) is 5.11. The van der Waals surface area contributed by atoms with E-state index in [0.29, 0.717) is 16.9 Å². The summed E-state index contributed by atoms with van der Waals surface area (Å²) in [4.78, 5) is 23.2. The lowest BCUT2D eigenvalue weighted by Crippen LogP contribution is -2.36. The second kappa shape index (κ2) is 8.10. The van der Waals surface area contributed by atoms with Crippen molar-refractivity contribution < 1.29 is 22.7 Å². The topological polar surface area (TPSA) is 89.5 Å². The van der Waals surface area contributed by atoms with E-state index in [9.17, 15) is 18.0 Å². The average molecular weight is 341 g/mol. The first-order valence-corrected chi connectivity index (χ1v) is 9.18. The first-order chi connectivity index (χ1) is 10.7. The van der Waals surface area contributed by atoms with Gasteiger partial charge in [-0.3, -0.25) is 9.59 Å². The SMILES string of the molecule is CC[C@H](C)NC(=O)CS(=O)(=O)Cc1cc(C(C)=O)ccc1OC. The molecular weight excluding hydrogens is 318 g/mol. The third-order valence-corrected chi connectivity index (χ3v) is 4.89. The van der Waals surface area contributed by atoms with Gasteiger partial charge < -0.3 is 10.1 Å². The average Bonchev–Trinajstić information content (AvgIpc) is 2.45. The summed E-state index contributed by atoms with van der Waals surface area (Å²) in [7, 11) is -2.24. The van der Waals surface area contributed by atoms with Gasteiger partial charge in [-0.05, 0) is 38.5 Å². The molecule has 0 aromatic heterocycles. The zero-order chi connectivity index (χ0) is 17.6. The largest absolute Gasteiger partial charge is 0.496 e. The lowest BCUT2D eigenvalue weighted by atomic mass is 10.1. The van der Waals surface area contributed by atoms with Gasteiger partial charge in [0.1, 0.15) is 11.5 Å². The third-order valence-electron chi connectivity index (χ3n) is 3.43. The van der Waals surface area contributed by atoms with Crippen LogP contribution in [0.2, 0.25) is 0 Å². The van der Waals surface area contributed by atoms with Crippen molar-refractivity contribution in [3.8, 4) is 5.75 Å². The van der Waals surface area contributed by atoms with E-state index in [0.717, 1.165) is 6.42 Å². The Morgan fingerprint density at radius 2 is 1.96 bits per heavy atom. The number of amides is 1. The Kier molecular flexibility index (Phi) is 6.75. The van der Waals surface area contributed by atoms with Crippen LogP contribution < -0.4 is 10.1 Å². The van der Waals surface area contributed by atoms with Crippen LogP contribution >= 0.6 is 0 Å². The number of methoxy groups -OCH3 is 1. The Morgan fingerprint density at radius 1 is 1.30 bits per heavy atom. The molecule has 0 radical (unpaired) electrons. The molecule has 128 valence electrons. The van der Waals surface area contributed by atoms with Gasteiger partial charge in [0.15, 0.2) is 15.6 Å². The standard InChI is InChI=1S/C16H23NO5S/c1-5-11(2)17-16(19)10-23(20,21)9-14-8-13(12(3)18)6-7-15(14)22-4/h6-8,11H,5,9-10H2,1-4H3,(H,17,19)/t11-/m0/s1. The maximum absolute atomic E-state index is 12.2. The number of benzene rings is 1. The Bertz CT molecular complexity index is 682. The van der Waals surface area contributed by atoms with E-state index >= 15 is 0 Å². The quantitative estimate of drug-likeness (QED) is 0.727. The van der Waals surface area contributed by atoms with Crippen molar-refractivity contribution in [1.82, 2.24) is 5.32 Å². The molecule has 1 amide bonds. The molecule has 0 heterocycles. The van der Waals surface area contributed by atoms with Gasteiger partial charge in [-0.25, -0.2) is 8.42 Å². The lowest BCUT2D eigenvalue weighted by molar-refractivity contribution is -0.119. The number of ketones is 1. The molecule has 1 rings (SSSR count). The van der Waals surface area contributed by atoms with E-state index in [2.05, 4.69) is 5.32 Å². The highest BCUT2D eigenvalue weighted by Gasteiger charge is 2.21. The molecule has 0 saturated carbocycles. The molecule has 7 heteroatoms. The normalized spacial score (nSPS) is 12.5. The van der Waals surface area contributed by atoms with Gasteiger partial charge >= 0.3 is 0 Å². The van der Waals surface area contributed by atoms with Crippen molar-refractivity contribution in [3.63, 3.8) is 0 Å². The smallest absolute Gasteiger partial charge is 0.235 e. The molecule has 1 aromatic rings. The summed E-state index contributed by atoms with van der Waals surface area (Å²) in [6, 6.07) is 4.55. The maximum atomic E-state index is 12.2. The highest BCUT2D eigenvalue weighted by molar-refractivity contribution is 7.91. The van der Waals surface area contributed by atoms with Crippen LogP contribution in [0.15, 0.2) is 18.2 Å². The van der Waals surface area contributed by atoms with Crippen molar-refractivity contribution in [2.75, 3.05) is 12.9 Å². The molecule has 1 aromatic carbocycles. The summed E-state index contributed by atoms with van der Waals surface area (Å²) in [6.07, 6.45) is 0.722. The Hall–Kier alpha value is -1.89. The monoisotopic (exact) mass is 341 g/mol. The van der Waals surface area contributed by atoms with Crippen LogP contribution in [-0.4, -0.2) is 39.0 Å². The van der Waals surface area contributed by atoms with Crippen molar-refractivity contribution in [2.24, 2.45) is 0 Å². The molecular formula is C16H23NO5S. The van der Waals surface area contributed by atoms with Crippen LogP contribution in [-0.2, 0) is 20.4 Å². The second-order valence-electron chi connectivity index (χ2n) is 5.49. The van der Waals surface area contributed by atoms with Crippen molar-refractivity contribution in [1.29, 1.82) is 0 Å². The molecule has 0 aliphatic carbocycles. The Balaban J connectivity index is 2.94. The molecule has 6 nitrogen and oxygen atoms in total. The molecule has 0 bridgehead atoms. The third kappa shape index (κ3) is 6.02. The summed E-state index contributed by atoms with van der Waals surface area (Å²) in [5.74, 6) is -1.27. The minimum Gasteiger partial charge on any atom is -0.496 e. The minimum atomic E-state index is -3.67. The second-order valence-corrected chi connectivity index (χ2v) is 7.56. The number of nitrogens with one attached hydrogen (secondary N) is 1. The molecule has 0 fully saturated rings. The van der Waals surface area contributed by atoms with Crippen molar-refractivity contribution in [2.45, 2.75) is 39.0 Å². The zero-order valence-corrected chi connectivity index (χ0v) is 14.7. The number of carbonyl (C=O) groups excluding carboxylic acids is 2. The molecule has 0 aliphatic heterocycles. The van der Waals surface area contributed by atoms with Crippen LogP contribution in [0, 0.1) is 0 Å². The van der Waals surface area contributed by atoms with Gasteiger partial charge in [0.05, 0.1) is 12.9 Å². The summed E-state index contributed by atoms with van der Waals surface area (Å²) >= 11 is 0. The number of carbonyl (C=O) groups is 2. The molecule has 23 heavy (non-hydrogen) atoms. The first-order valence-electron chi connectivity index (χ1n) is 7.36. The van der Waals surface area contributed by atoms with Crippen LogP contribution in [0.4, 0.5) is 0 Å². The van der Waals surface area contributed by atoms with Crippen LogP contribution in [0.25, 0.3) is 0 Å². The molecule has 0 aliphatic rings. The number of sulfone groups is 1. The van der Waals surface area contributed by atoms with E-state index in [1.54, 1.807) is 12.1 Å². The molecule has 0 saturated heterocycles. The van der Waals surface area contributed by atoms with Crippen molar-refractivity contribution >= 4 is 21.5 Å². The summed E-state index contributed by atoms with van der Waals surface area (Å²) in [5.41, 5.74) is 0.775. The van der Waals surface area contributed by atoms with Gasteiger partial charge in [-0.15, -0.1) is 0 Å². The molecule has 1 atom stereocenters. The van der Waals surface area contributed by atoms with E-state index in [-0.39, 0.29) is 17.6 Å². The zero-order valence-electron chi connectivity index (χ0n) is 13.9. The minimum absolute atomic E-state index is 0.0757. The van der Waals surface area contributed by atoms with Gasteiger partial charge in [0.25, 0.3) is 0 Å². The van der Waals surface area contributed by atoms with E-state index in [1.165, 1.54) is 20.1 Å². The molecule has 1 N–H and O–H groups in total. The van der Waals surface area contributed by atoms with E-state index in [1.807, 2.05) is 13.8 Å². The van der Waals surface area contributed by atoms with Gasteiger partial charge in [-0.1, -0.05) is 6.92 Å². The maximum Gasteiger partial charge on any atom is 0.235 e. The van der Waals surface area contributed by atoms with Gasteiger partial charge in [0.2, 0.25) is 5.91 Å². The fourth-order valence-corrected chi connectivity index (χ4v) is 3.30. The predicted octanol–water partition coefficient (Wildman–Crippen LogP) is 1.73. The van der Waals surface area contributed by atoms with Gasteiger partial charge in [0, 0.05) is 17.2 Å². The fourth-order valence-electron chi connectivity index (χ4n) is 2.02. The number of hydrogen-bond donors (Lipinski definition) is 1. The van der Waals surface area contributed by atoms with Crippen LogP contribution in [0.5, 0.6) is 5.75 Å². The Morgan fingerprint density at radius 3 is 2.48 bits per heavy atom. The van der Waals surface area contributed by atoms with Gasteiger partial charge in [-0.2, -0.15) is 0 Å². The summed E-state index contributed by atoms with van der Waals surface area (Å²) < 4.78 is 29.6.